The van der Waals surface area contributed by atoms with Crippen LogP contribution in [0.4, 0.5) is 0 Å². The molecule has 0 spiro atoms. The predicted octanol–water partition coefficient (Wildman–Crippen LogP) is 5.69. The van der Waals surface area contributed by atoms with Gasteiger partial charge in [-0.2, -0.15) is 0 Å². The van der Waals surface area contributed by atoms with E-state index < -0.39 is 47.7 Å². The third kappa shape index (κ3) is 6.58. The van der Waals surface area contributed by atoms with Gasteiger partial charge in [-0.3, -0.25) is 9.59 Å². The first-order valence-electron chi connectivity index (χ1n) is 11.7. The molecule has 0 radical (unpaired) electrons. The number of halogens is 2. The minimum absolute atomic E-state index is 0.290. The van der Waals surface area contributed by atoms with Crippen molar-refractivity contribution in [2.45, 2.75) is 70.4 Å². The number of methoxy groups -OCH3 is 1. The molecule has 3 rings (SSSR count). The highest BCUT2D eigenvalue weighted by atomic mass is 35.5. The molecule has 1 amide bonds. The van der Waals surface area contributed by atoms with Crippen LogP contribution in [0.1, 0.15) is 63.8 Å². The predicted molar refractivity (Wildman–Crippen MR) is 137 cm³/mol. The van der Waals surface area contributed by atoms with Crippen LogP contribution in [0.25, 0.3) is 0 Å². The molecule has 4 atom stereocenters. The molecule has 0 N–H and O–H groups in total. The van der Waals surface area contributed by atoms with Crippen molar-refractivity contribution in [3.63, 3.8) is 0 Å². The average molecular weight is 536 g/mol. The molecule has 2 aromatic carbocycles. The van der Waals surface area contributed by atoms with E-state index in [0.717, 1.165) is 0 Å². The van der Waals surface area contributed by atoms with Crippen LogP contribution in [0.3, 0.4) is 0 Å². The monoisotopic (exact) mass is 535 g/mol. The van der Waals surface area contributed by atoms with Crippen LogP contribution in [0.15, 0.2) is 48.5 Å². The van der Waals surface area contributed by atoms with Crippen LogP contribution in [0.2, 0.25) is 10.0 Å². The van der Waals surface area contributed by atoms with Gasteiger partial charge in [-0.05, 0) is 62.6 Å². The fourth-order valence-corrected chi connectivity index (χ4v) is 4.59. The lowest BCUT2D eigenvalue weighted by molar-refractivity contribution is -0.191. The van der Waals surface area contributed by atoms with Crippen molar-refractivity contribution >= 4 is 41.0 Å². The Morgan fingerprint density at radius 2 is 1.72 bits per heavy atom. The summed E-state index contributed by atoms with van der Waals surface area (Å²) in [5, 5.41) is 1.01. The van der Waals surface area contributed by atoms with Crippen LogP contribution >= 0.6 is 23.2 Å². The zero-order valence-corrected chi connectivity index (χ0v) is 22.5. The zero-order chi connectivity index (χ0) is 26.6. The number of carbonyl (C=O) groups is 3. The average Bonchev–Trinajstić information content (AvgIpc) is 2.81. The maximum absolute atomic E-state index is 13.9. The second kappa shape index (κ2) is 11.6. The Balaban J connectivity index is 2.19. The molecule has 0 aliphatic carbocycles. The molecule has 1 aliphatic heterocycles. The first-order chi connectivity index (χ1) is 16.9. The fraction of sp³-hybridized carbons (Fsp3) is 0.444. The molecule has 0 aromatic heterocycles. The number of amides is 1. The maximum Gasteiger partial charge on any atom is 0.329 e. The number of morpholine rings is 1. The van der Waals surface area contributed by atoms with Crippen molar-refractivity contribution in [1.29, 1.82) is 0 Å². The maximum atomic E-state index is 13.9. The number of carbonyl (C=O) groups excluding carboxylic acids is 3. The second-order valence-electron chi connectivity index (χ2n) is 9.58. The van der Waals surface area contributed by atoms with Gasteiger partial charge in [0.05, 0.1) is 19.6 Å². The van der Waals surface area contributed by atoms with E-state index in [-0.39, 0.29) is 12.8 Å². The van der Waals surface area contributed by atoms with E-state index in [0.29, 0.717) is 21.2 Å². The number of benzene rings is 2. The van der Waals surface area contributed by atoms with Gasteiger partial charge in [0.2, 0.25) is 0 Å². The molecule has 7 nitrogen and oxygen atoms in total. The van der Waals surface area contributed by atoms with Gasteiger partial charge in [-0.25, -0.2) is 4.79 Å². The molecule has 0 unspecified atom stereocenters. The summed E-state index contributed by atoms with van der Waals surface area (Å²) in [7, 11) is 1.24. The lowest BCUT2D eigenvalue weighted by Gasteiger charge is -2.47. The van der Waals surface area contributed by atoms with Gasteiger partial charge in [-0.1, -0.05) is 54.4 Å². The smallest absolute Gasteiger partial charge is 0.329 e. The molecule has 1 fully saturated rings. The summed E-state index contributed by atoms with van der Waals surface area (Å²) in [4.78, 5) is 40.9. The van der Waals surface area contributed by atoms with Gasteiger partial charge in [-0.15, -0.1) is 0 Å². The molecule has 2 aromatic rings. The van der Waals surface area contributed by atoms with E-state index >= 15 is 0 Å². The SMILES string of the molecule is CC[C@@H](C(=O)OC(C)(C)C)N1C(=O)[C@@H](CC(=O)OC)O[C@H](c2cccc(Cl)c2)[C@H]1c1ccc(Cl)cc1. The van der Waals surface area contributed by atoms with E-state index in [1.54, 1.807) is 70.2 Å². The number of esters is 2. The van der Waals surface area contributed by atoms with Crippen molar-refractivity contribution in [2.75, 3.05) is 7.11 Å². The van der Waals surface area contributed by atoms with Gasteiger partial charge in [0.1, 0.15) is 23.9 Å². The minimum atomic E-state index is -1.17. The van der Waals surface area contributed by atoms with Crippen molar-refractivity contribution in [1.82, 2.24) is 4.90 Å². The summed E-state index contributed by atoms with van der Waals surface area (Å²) in [5.74, 6) is -1.65. The molecular weight excluding hydrogens is 505 g/mol. The van der Waals surface area contributed by atoms with E-state index in [2.05, 4.69) is 0 Å². The summed E-state index contributed by atoms with van der Waals surface area (Å²) in [5.41, 5.74) is 0.637. The standard InChI is InChI=1S/C27H31Cl2NO6/c1-6-20(26(33)36-27(2,3)4)30-23(16-10-12-18(28)13-11-16)24(17-8-7-9-19(29)14-17)35-21(25(30)32)15-22(31)34-5/h7-14,20-21,23-24H,6,15H2,1-5H3/t20-,21+,23+,24+/m0/s1. The highest BCUT2D eigenvalue weighted by Crippen LogP contribution is 2.45. The van der Waals surface area contributed by atoms with Gasteiger partial charge < -0.3 is 19.1 Å². The van der Waals surface area contributed by atoms with Crippen molar-refractivity contribution in [3.05, 3.63) is 69.7 Å². The van der Waals surface area contributed by atoms with Gasteiger partial charge >= 0.3 is 11.9 Å². The second-order valence-corrected chi connectivity index (χ2v) is 10.5. The largest absolute Gasteiger partial charge is 0.469 e. The Morgan fingerprint density at radius 3 is 2.28 bits per heavy atom. The molecule has 194 valence electrons. The molecule has 1 aliphatic rings. The molecule has 36 heavy (non-hydrogen) atoms. The Morgan fingerprint density at radius 1 is 1.06 bits per heavy atom. The number of hydrogen-bond donors (Lipinski definition) is 0. The zero-order valence-electron chi connectivity index (χ0n) is 21.0. The first kappa shape index (κ1) is 28.0. The van der Waals surface area contributed by atoms with Gasteiger partial charge in [0.25, 0.3) is 5.91 Å². The Kier molecular flexibility index (Phi) is 9.03. The third-order valence-corrected chi connectivity index (χ3v) is 6.28. The van der Waals surface area contributed by atoms with E-state index in [1.165, 1.54) is 12.0 Å². The van der Waals surface area contributed by atoms with Crippen LogP contribution < -0.4 is 0 Å². The van der Waals surface area contributed by atoms with E-state index in [1.807, 2.05) is 6.07 Å². The van der Waals surface area contributed by atoms with Crippen molar-refractivity contribution in [3.8, 4) is 0 Å². The normalized spacial score (nSPS) is 21.1. The highest BCUT2D eigenvalue weighted by molar-refractivity contribution is 6.30. The molecular formula is C27H31Cl2NO6. The molecule has 1 heterocycles. The van der Waals surface area contributed by atoms with Gasteiger partial charge in [0.15, 0.2) is 0 Å². The van der Waals surface area contributed by atoms with Crippen LogP contribution in [-0.2, 0) is 28.6 Å². The first-order valence-corrected chi connectivity index (χ1v) is 12.5. The summed E-state index contributed by atoms with van der Waals surface area (Å²) in [6, 6.07) is 12.4. The molecule has 1 saturated heterocycles. The van der Waals surface area contributed by atoms with Crippen LogP contribution in [0, 0.1) is 0 Å². The number of ether oxygens (including phenoxy) is 3. The highest BCUT2D eigenvalue weighted by Gasteiger charge is 2.49. The lowest BCUT2D eigenvalue weighted by atomic mass is 9.89. The van der Waals surface area contributed by atoms with E-state index in [4.69, 9.17) is 37.4 Å². The minimum Gasteiger partial charge on any atom is -0.469 e. The fourth-order valence-electron chi connectivity index (χ4n) is 4.26. The third-order valence-electron chi connectivity index (χ3n) is 5.80. The summed E-state index contributed by atoms with van der Waals surface area (Å²) >= 11 is 12.4. The topological polar surface area (TPSA) is 82.1 Å². The summed E-state index contributed by atoms with van der Waals surface area (Å²) < 4.78 is 16.8. The Bertz CT molecular complexity index is 1100. The summed E-state index contributed by atoms with van der Waals surface area (Å²) in [6.45, 7) is 7.11. The van der Waals surface area contributed by atoms with E-state index in [9.17, 15) is 14.4 Å². The molecule has 9 heteroatoms. The van der Waals surface area contributed by atoms with Crippen LogP contribution in [-0.4, -0.2) is 47.6 Å². The lowest BCUT2D eigenvalue weighted by Crippen LogP contribution is -2.57. The molecule has 0 saturated carbocycles. The molecule has 0 bridgehead atoms. The Hall–Kier alpha value is -2.61. The number of rotatable bonds is 7. The quantitative estimate of drug-likeness (QED) is 0.423. The number of nitrogens with zero attached hydrogens (tertiary/aromatic N) is 1. The summed E-state index contributed by atoms with van der Waals surface area (Å²) in [6.07, 6.45) is -1.92. The Labute approximate surface area is 221 Å². The van der Waals surface area contributed by atoms with Crippen LogP contribution in [0.5, 0.6) is 0 Å². The van der Waals surface area contributed by atoms with Gasteiger partial charge in [0, 0.05) is 10.0 Å². The van der Waals surface area contributed by atoms with Crippen molar-refractivity contribution in [2.24, 2.45) is 0 Å². The van der Waals surface area contributed by atoms with Crippen molar-refractivity contribution < 1.29 is 28.6 Å². The number of hydrogen-bond acceptors (Lipinski definition) is 6.